The molecule has 0 aliphatic heterocycles. The van der Waals surface area contributed by atoms with Crippen LogP contribution in [0.5, 0.6) is 0 Å². The highest BCUT2D eigenvalue weighted by atomic mass is 32.2. The smallest absolute Gasteiger partial charge is 0.251 e. The molecule has 0 radical (unpaired) electrons. The fourth-order valence-electron chi connectivity index (χ4n) is 3.32. The number of carbonyl (C=O) groups is 1. The number of aryl methyl sites for hydroxylation is 1. The molecule has 2 aromatic rings. The molecule has 30 heavy (non-hydrogen) atoms. The molecular weight excluding hydrogens is 396 g/mol. The highest BCUT2D eigenvalue weighted by Gasteiger charge is 2.18. The van der Waals surface area contributed by atoms with Crippen molar-refractivity contribution in [3.8, 4) is 0 Å². The van der Waals surface area contributed by atoms with E-state index in [-0.39, 0.29) is 12.5 Å². The number of nitrogens with zero attached hydrogens (tertiary/aromatic N) is 1. The van der Waals surface area contributed by atoms with Gasteiger partial charge in [0.1, 0.15) is 0 Å². The molecule has 0 aliphatic carbocycles. The molecule has 0 aromatic heterocycles. The number of anilines is 1. The first-order valence-electron chi connectivity index (χ1n) is 10.7. The van der Waals surface area contributed by atoms with Gasteiger partial charge in [-0.25, -0.2) is 8.42 Å². The van der Waals surface area contributed by atoms with Crippen molar-refractivity contribution in [2.75, 3.05) is 17.1 Å². The number of amides is 1. The van der Waals surface area contributed by atoms with Gasteiger partial charge in [0.15, 0.2) is 0 Å². The second-order valence-corrected chi connectivity index (χ2v) is 9.84. The molecule has 0 bridgehead atoms. The summed E-state index contributed by atoms with van der Waals surface area (Å²) in [6.07, 6.45) is 5.69. The Morgan fingerprint density at radius 2 is 1.67 bits per heavy atom. The number of benzene rings is 2. The van der Waals surface area contributed by atoms with Crippen LogP contribution in [0.1, 0.15) is 61.0 Å². The number of carbonyl (C=O) groups excluding carboxylic acids is 1. The minimum Gasteiger partial charge on any atom is -0.352 e. The Kier molecular flexibility index (Phi) is 8.90. The fraction of sp³-hybridized carbons (Fsp3) is 0.458. The molecular formula is C24H34N2O3S. The van der Waals surface area contributed by atoms with Crippen molar-refractivity contribution in [3.63, 3.8) is 0 Å². The third kappa shape index (κ3) is 7.17. The van der Waals surface area contributed by atoms with E-state index in [0.717, 1.165) is 30.4 Å². The summed E-state index contributed by atoms with van der Waals surface area (Å²) in [5, 5.41) is 3.01. The quantitative estimate of drug-likeness (QED) is 0.551. The Morgan fingerprint density at radius 1 is 1.03 bits per heavy atom. The Balaban J connectivity index is 2.08. The Bertz CT molecular complexity index is 906. The molecule has 6 heteroatoms. The van der Waals surface area contributed by atoms with Crippen LogP contribution in [0.25, 0.3) is 0 Å². The Hall–Kier alpha value is -2.34. The summed E-state index contributed by atoms with van der Waals surface area (Å²) in [5.41, 5.74) is 3.11. The van der Waals surface area contributed by atoms with E-state index in [1.165, 1.54) is 17.0 Å². The fourth-order valence-corrected chi connectivity index (χ4v) is 4.21. The largest absolute Gasteiger partial charge is 0.352 e. The molecule has 1 amide bonds. The van der Waals surface area contributed by atoms with E-state index in [9.17, 15) is 13.2 Å². The first-order chi connectivity index (χ1) is 14.2. The molecule has 0 fully saturated rings. The lowest BCUT2D eigenvalue weighted by atomic mass is 9.99. The lowest BCUT2D eigenvalue weighted by Crippen LogP contribution is -2.30. The van der Waals surface area contributed by atoms with E-state index in [0.29, 0.717) is 23.7 Å². The van der Waals surface area contributed by atoms with Gasteiger partial charge in [0.2, 0.25) is 10.0 Å². The van der Waals surface area contributed by atoms with Crippen molar-refractivity contribution in [2.45, 2.75) is 53.0 Å². The van der Waals surface area contributed by atoms with E-state index in [1.807, 2.05) is 31.2 Å². The van der Waals surface area contributed by atoms with Crippen molar-refractivity contribution >= 4 is 21.6 Å². The summed E-state index contributed by atoms with van der Waals surface area (Å²) in [5.74, 6) is 0.365. The van der Waals surface area contributed by atoms with E-state index >= 15 is 0 Å². The topological polar surface area (TPSA) is 66.5 Å². The lowest BCUT2D eigenvalue weighted by Gasteiger charge is -2.23. The monoisotopic (exact) mass is 430 g/mol. The van der Waals surface area contributed by atoms with Gasteiger partial charge in [0.05, 0.1) is 18.5 Å². The minimum atomic E-state index is -3.46. The SMILES string of the molecule is CCCC[C@@H](CC)CNC(=O)c1ccc(N(Cc2ccc(C)cc2)S(C)(=O)=O)cc1. The molecule has 2 aromatic carbocycles. The molecule has 0 aliphatic rings. The van der Waals surface area contributed by atoms with Crippen LogP contribution in [0.15, 0.2) is 48.5 Å². The molecule has 0 heterocycles. The summed E-state index contributed by atoms with van der Waals surface area (Å²) < 4.78 is 26.1. The number of hydrogen-bond acceptors (Lipinski definition) is 3. The highest BCUT2D eigenvalue weighted by Crippen LogP contribution is 2.22. The number of rotatable bonds is 11. The first-order valence-corrected chi connectivity index (χ1v) is 12.5. The van der Waals surface area contributed by atoms with Crippen molar-refractivity contribution < 1.29 is 13.2 Å². The maximum atomic E-state index is 12.5. The molecule has 5 nitrogen and oxygen atoms in total. The summed E-state index contributed by atoms with van der Waals surface area (Å²) in [6, 6.07) is 14.5. The van der Waals surface area contributed by atoms with Crippen LogP contribution in [-0.2, 0) is 16.6 Å². The van der Waals surface area contributed by atoms with Crippen molar-refractivity contribution in [1.82, 2.24) is 5.32 Å². The summed E-state index contributed by atoms with van der Waals surface area (Å²) in [6.45, 7) is 7.23. The van der Waals surface area contributed by atoms with E-state index in [2.05, 4.69) is 19.2 Å². The zero-order valence-corrected chi connectivity index (χ0v) is 19.3. The highest BCUT2D eigenvalue weighted by molar-refractivity contribution is 7.92. The molecule has 1 N–H and O–H groups in total. The van der Waals surface area contributed by atoms with Gasteiger partial charge in [-0.05, 0) is 49.1 Å². The standard InChI is InChI=1S/C24H34N2O3S/c1-5-7-8-20(6-2)17-25-24(27)22-13-15-23(16-14-22)26(30(4,28)29)18-21-11-9-19(3)10-12-21/h9-16,20H,5-8,17-18H2,1-4H3,(H,25,27)/t20-/m1/s1. The van der Waals surface area contributed by atoms with Gasteiger partial charge < -0.3 is 5.32 Å². The van der Waals surface area contributed by atoms with Crippen molar-refractivity contribution in [2.24, 2.45) is 5.92 Å². The molecule has 0 unspecified atom stereocenters. The van der Waals surface area contributed by atoms with Crippen LogP contribution >= 0.6 is 0 Å². The van der Waals surface area contributed by atoms with E-state index in [4.69, 9.17) is 0 Å². The minimum absolute atomic E-state index is 0.124. The number of nitrogens with one attached hydrogen (secondary N) is 1. The molecule has 0 saturated heterocycles. The van der Waals surface area contributed by atoms with Gasteiger partial charge in [0.25, 0.3) is 5.91 Å². The molecule has 164 valence electrons. The third-order valence-electron chi connectivity index (χ3n) is 5.36. The third-order valence-corrected chi connectivity index (χ3v) is 6.50. The van der Waals surface area contributed by atoms with Gasteiger partial charge in [-0.15, -0.1) is 0 Å². The van der Waals surface area contributed by atoms with Crippen molar-refractivity contribution in [1.29, 1.82) is 0 Å². The molecule has 0 spiro atoms. The first kappa shape index (κ1) is 23.9. The number of unbranched alkanes of at least 4 members (excludes halogenated alkanes) is 1. The maximum Gasteiger partial charge on any atom is 0.251 e. The van der Waals surface area contributed by atoms with Crippen LogP contribution in [0.4, 0.5) is 5.69 Å². The number of sulfonamides is 1. The second-order valence-electron chi connectivity index (χ2n) is 7.93. The zero-order valence-electron chi connectivity index (χ0n) is 18.5. The maximum absolute atomic E-state index is 12.5. The summed E-state index contributed by atoms with van der Waals surface area (Å²) in [4.78, 5) is 12.5. The van der Waals surface area contributed by atoms with E-state index < -0.39 is 10.0 Å². The van der Waals surface area contributed by atoms with Crippen molar-refractivity contribution in [3.05, 3.63) is 65.2 Å². The van der Waals surface area contributed by atoms with E-state index in [1.54, 1.807) is 24.3 Å². The Morgan fingerprint density at radius 3 is 2.20 bits per heavy atom. The Labute approximate surface area is 181 Å². The molecule has 2 rings (SSSR count). The number of hydrogen-bond donors (Lipinski definition) is 1. The van der Waals surface area contributed by atoms with Crippen LogP contribution in [0.3, 0.4) is 0 Å². The summed E-state index contributed by atoms with van der Waals surface area (Å²) in [7, 11) is -3.46. The lowest BCUT2D eigenvalue weighted by molar-refractivity contribution is 0.0946. The second kappa shape index (κ2) is 11.2. The van der Waals surface area contributed by atoms with Gasteiger partial charge in [0, 0.05) is 12.1 Å². The van der Waals surface area contributed by atoms with Crippen LogP contribution in [0, 0.1) is 12.8 Å². The molecule has 0 saturated carbocycles. The van der Waals surface area contributed by atoms with Crippen LogP contribution in [-0.4, -0.2) is 27.1 Å². The van der Waals surface area contributed by atoms with Gasteiger partial charge in [-0.3, -0.25) is 9.10 Å². The normalized spacial score (nSPS) is 12.4. The average molecular weight is 431 g/mol. The predicted molar refractivity (Wildman–Crippen MR) is 124 cm³/mol. The van der Waals surface area contributed by atoms with Gasteiger partial charge >= 0.3 is 0 Å². The van der Waals surface area contributed by atoms with Gasteiger partial charge in [-0.1, -0.05) is 62.9 Å². The van der Waals surface area contributed by atoms with Crippen LogP contribution < -0.4 is 9.62 Å². The molecule has 1 atom stereocenters. The van der Waals surface area contributed by atoms with Crippen LogP contribution in [0.2, 0.25) is 0 Å². The summed E-state index contributed by atoms with van der Waals surface area (Å²) >= 11 is 0. The predicted octanol–water partition coefficient (Wildman–Crippen LogP) is 4.91. The van der Waals surface area contributed by atoms with Gasteiger partial charge in [-0.2, -0.15) is 0 Å². The average Bonchev–Trinajstić information content (AvgIpc) is 2.72. The zero-order chi connectivity index (χ0) is 22.1.